The monoisotopic (exact) mass is 290 g/mol. The third-order valence-electron chi connectivity index (χ3n) is 3.01. The molecule has 0 radical (unpaired) electrons. The fourth-order valence-corrected chi connectivity index (χ4v) is 1.84. The number of aliphatic carboxylic acids is 1. The smallest absolute Gasteiger partial charge is 0.303 e. The third kappa shape index (κ3) is 7.25. The van der Waals surface area contributed by atoms with Crippen LogP contribution < -0.4 is 5.43 Å². The van der Waals surface area contributed by atoms with Crippen molar-refractivity contribution in [1.29, 1.82) is 0 Å². The van der Waals surface area contributed by atoms with Crippen molar-refractivity contribution < 1.29 is 14.7 Å². The number of carboxylic acids is 1. The van der Waals surface area contributed by atoms with E-state index in [1.807, 2.05) is 30.3 Å². The summed E-state index contributed by atoms with van der Waals surface area (Å²) in [6, 6.07) is 9.29. The van der Waals surface area contributed by atoms with Gasteiger partial charge in [0.2, 0.25) is 5.91 Å². The van der Waals surface area contributed by atoms with Crippen molar-refractivity contribution >= 4 is 17.6 Å². The number of benzene rings is 1. The summed E-state index contributed by atoms with van der Waals surface area (Å²) in [5, 5.41) is 12.9. The van der Waals surface area contributed by atoms with Crippen LogP contribution in [0.25, 0.3) is 0 Å². The van der Waals surface area contributed by atoms with Gasteiger partial charge >= 0.3 is 5.97 Å². The number of unbranched alkanes of at least 4 members (excludes halogenated alkanes) is 2. The Hall–Kier alpha value is -2.17. The van der Waals surface area contributed by atoms with Gasteiger partial charge in [-0.15, -0.1) is 0 Å². The van der Waals surface area contributed by atoms with Gasteiger partial charge < -0.3 is 5.11 Å². The Morgan fingerprint density at radius 2 is 1.81 bits per heavy atom. The molecular weight excluding hydrogens is 268 g/mol. The molecule has 0 bridgehead atoms. The first-order valence-electron chi connectivity index (χ1n) is 7.26. The third-order valence-corrected chi connectivity index (χ3v) is 3.01. The number of hydrogen-bond donors (Lipinski definition) is 2. The molecule has 0 unspecified atom stereocenters. The summed E-state index contributed by atoms with van der Waals surface area (Å²) in [4.78, 5) is 22.4. The number of amides is 1. The maximum atomic E-state index is 11.7. The van der Waals surface area contributed by atoms with Crippen LogP contribution in [-0.4, -0.2) is 22.7 Å². The Balaban J connectivity index is 2.65. The first kappa shape index (κ1) is 16.9. The molecule has 0 aromatic heterocycles. The summed E-state index contributed by atoms with van der Waals surface area (Å²) >= 11 is 0. The molecule has 0 aliphatic carbocycles. The van der Waals surface area contributed by atoms with Gasteiger partial charge in [0.1, 0.15) is 0 Å². The minimum Gasteiger partial charge on any atom is -0.481 e. The molecular formula is C16H22N2O3. The molecule has 5 heteroatoms. The highest BCUT2D eigenvalue weighted by molar-refractivity contribution is 6.02. The van der Waals surface area contributed by atoms with Crippen LogP contribution in [0.15, 0.2) is 35.4 Å². The Morgan fingerprint density at radius 3 is 2.43 bits per heavy atom. The van der Waals surface area contributed by atoms with Gasteiger partial charge in [-0.1, -0.05) is 50.1 Å². The second-order valence-corrected chi connectivity index (χ2v) is 4.81. The van der Waals surface area contributed by atoms with Gasteiger partial charge in [0, 0.05) is 12.8 Å². The first-order valence-corrected chi connectivity index (χ1v) is 7.26. The zero-order valence-electron chi connectivity index (χ0n) is 12.3. The van der Waals surface area contributed by atoms with Gasteiger partial charge in [-0.25, -0.2) is 5.43 Å². The van der Waals surface area contributed by atoms with E-state index < -0.39 is 5.97 Å². The lowest BCUT2D eigenvalue weighted by atomic mass is 10.1. The number of carbonyl (C=O) groups excluding carboxylic acids is 1. The molecule has 1 aromatic carbocycles. The van der Waals surface area contributed by atoms with E-state index in [2.05, 4.69) is 17.5 Å². The van der Waals surface area contributed by atoms with Crippen LogP contribution in [0.1, 0.15) is 51.0 Å². The normalized spacial score (nSPS) is 11.2. The molecule has 1 rings (SSSR count). The maximum absolute atomic E-state index is 11.7. The summed E-state index contributed by atoms with van der Waals surface area (Å²) < 4.78 is 0. The average molecular weight is 290 g/mol. The van der Waals surface area contributed by atoms with Crippen LogP contribution in [0, 0.1) is 0 Å². The van der Waals surface area contributed by atoms with Gasteiger partial charge in [-0.3, -0.25) is 9.59 Å². The zero-order valence-corrected chi connectivity index (χ0v) is 12.3. The predicted octanol–water partition coefficient (Wildman–Crippen LogP) is 2.95. The summed E-state index contributed by atoms with van der Waals surface area (Å²) in [7, 11) is 0. The zero-order chi connectivity index (χ0) is 15.5. The van der Waals surface area contributed by atoms with E-state index in [1.54, 1.807) is 0 Å². The van der Waals surface area contributed by atoms with E-state index in [4.69, 9.17) is 5.11 Å². The van der Waals surface area contributed by atoms with Crippen molar-refractivity contribution in [2.75, 3.05) is 0 Å². The lowest BCUT2D eigenvalue weighted by Gasteiger charge is -2.06. The molecule has 1 amide bonds. The highest BCUT2D eigenvalue weighted by Gasteiger charge is 2.08. The SMILES string of the molecule is CCCCCC(=O)N/N=C(\CCC(=O)O)c1ccccc1. The predicted molar refractivity (Wildman–Crippen MR) is 82.1 cm³/mol. The van der Waals surface area contributed by atoms with Crippen molar-refractivity contribution in [3.8, 4) is 0 Å². The number of hydrazone groups is 1. The molecule has 2 N–H and O–H groups in total. The van der Waals surface area contributed by atoms with E-state index >= 15 is 0 Å². The lowest BCUT2D eigenvalue weighted by Crippen LogP contribution is -2.20. The average Bonchev–Trinajstić information content (AvgIpc) is 2.48. The fourth-order valence-electron chi connectivity index (χ4n) is 1.84. The van der Waals surface area contributed by atoms with Crippen molar-refractivity contribution in [3.63, 3.8) is 0 Å². The van der Waals surface area contributed by atoms with Crippen molar-refractivity contribution in [2.24, 2.45) is 5.10 Å². The molecule has 114 valence electrons. The molecule has 0 heterocycles. The number of nitrogens with zero attached hydrogens (tertiary/aromatic N) is 1. The molecule has 0 spiro atoms. The van der Waals surface area contributed by atoms with Crippen LogP contribution in [-0.2, 0) is 9.59 Å². The Labute approximate surface area is 125 Å². The minimum absolute atomic E-state index is 0.0145. The largest absolute Gasteiger partial charge is 0.481 e. The van der Waals surface area contributed by atoms with E-state index in [1.165, 1.54) is 0 Å². The Kier molecular flexibility index (Phi) is 7.79. The van der Waals surface area contributed by atoms with Gasteiger partial charge in [-0.05, 0) is 12.0 Å². The highest BCUT2D eigenvalue weighted by atomic mass is 16.4. The van der Waals surface area contributed by atoms with Crippen LogP contribution in [0.2, 0.25) is 0 Å². The van der Waals surface area contributed by atoms with E-state index in [9.17, 15) is 9.59 Å². The summed E-state index contributed by atoms with van der Waals surface area (Å²) in [5.41, 5.74) is 3.93. The van der Waals surface area contributed by atoms with Crippen LogP contribution in [0.4, 0.5) is 0 Å². The second-order valence-electron chi connectivity index (χ2n) is 4.81. The van der Waals surface area contributed by atoms with Gasteiger partial charge in [0.05, 0.1) is 12.1 Å². The van der Waals surface area contributed by atoms with E-state index in [0.717, 1.165) is 24.8 Å². The van der Waals surface area contributed by atoms with Crippen LogP contribution in [0.5, 0.6) is 0 Å². The quantitative estimate of drug-likeness (QED) is 0.417. The van der Waals surface area contributed by atoms with Crippen molar-refractivity contribution in [2.45, 2.75) is 45.4 Å². The Morgan fingerprint density at radius 1 is 1.10 bits per heavy atom. The van der Waals surface area contributed by atoms with Gasteiger partial charge in [0.15, 0.2) is 0 Å². The summed E-state index contributed by atoms with van der Waals surface area (Å²) in [6.45, 7) is 2.08. The topological polar surface area (TPSA) is 78.8 Å². The maximum Gasteiger partial charge on any atom is 0.303 e. The first-order chi connectivity index (χ1) is 10.1. The standard InChI is InChI=1S/C16H22N2O3/c1-2-3-5-10-15(19)18-17-14(11-12-16(20)21)13-8-6-4-7-9-13/h4,6-9H,2-3,5,10-12H2,1H3,(H,18,19)(H,20,21)/b17-14+. The fraction of sp³-hybridized carbons (Fsp3) is 0.438. The number of carboxylic acid groups (broad SMARTS) is 1. The summed E-state index contributed by atoms with van der Waals surface area (Å²) in [6.07, 6.45) is 3.63. The number of hydrogen-bond acceptors (Lipinski definition) is 3. The van der Waals surface area contributed by atoms with Crippen LogP contribution >= 0.6 is 0 Å². The van der Waals surface area contributed by atoms with Gasteiger partial charge in [-0.2, -0.15) is 5.10 Å². The number of carbonyl (C=O) groups is 2. The molecule has 5 nitrogen and oxygen atoms in total. The lowest BCUT2D eigenvalue weighted by molar-refractivity contribution is -0.136. The minimum atomic E-state index is -0.882. The molecule has 0 atom stereocenters. The molecule has 1 aromatic rings. The van der Waals surface area contributed by atoms with E-state index in [-0.39, 0.29) is 18.7 Å². The molecule has 21 heavy (non-hydrogen) atoms. The Bertz CT molecular complexity index is 484. The molecule has 0 fully saturated rings. The molecule has 0 saturated carbocycles. The second kappa shape index (κ2) is 9.69. The van der Waals surface area contributed by atoms with Crippen molar-refractivity contribution in [3.05, 3.63) is 35.9 Å². The van der Waals surface area contributed by atoms with Crippen molar-refractivity contribution in [1.82, 2.24) is 5.43 Å². The molecule has 0 saturated heterocycles. The highest BCUT2D eigenvalue weighted by Crippen LogP contribution is 2.07. The number of rotatable bonds is 9. The summed E-state index contributed by atoms with van der Waals surface area (Å²) in [5.74, 6) is -1.01. The van der Waals surface area contributed by atoms with Gasteiger partial charge in [0.25, 0.3) is 0 Å². The molecule has 0 aliphatic rings. The number of nitrogens with one attached hydrogen (secondary N) is 1. The molecule has 0 aliphatic heterocycles. The van der Waals surface area contributed by atoms with Crippen LogP contribution in [0.3, 0.4) is 0 Å². The van der Waals surface area contributed by atoms with E-state index in [0.29, 0.717) is 12.1 Å².